The molecule has 0 bridgehead atoms. The molecule has 0 aliphatic carbocycles. The number of barbiturate groups is 1. The van der Waals surface area contributed by atoms with Gasteiger partial charge >= 0.3 is 6.03 Å². The molecule has 6 nitrogen and oxygen atoms in total. The molecule has 27 heavy (non-hydrogen) atoms. The maximum absolute atomic E-state index is 12.9. The number of imide groups is 2. The first-order valence-corrected chi connectivity index (χ1v) is 8.34. The van der Waals surface area contributed by atoms with Crippen molar-refractivity contribution in [2.24, 2.45) is 0 Å². The normalized spacial score (nSPS) is 15.9. The Bertz CT molecular complexity index is 1050. The van der Waals surface area contributed by atoms with Crippen molar-refractivity contribution in [3.8, 4) is 5.69 Å². The van der Waals surface area contributed by atoms with Crippen molar-refractivity contribution in [3.05, 3.63) is 90.3 Å². The van der Waals surface area contributed by atoms with E-state index in [-0.39, 0.29) is 5.57 Å². The van der Waals surface area contributed by atoms with Gasteiger partial charge in [-0.25, -0.2) is 9.69 Å². The van der Waals surface area contributed by atoms with E-state index < -0.39 is 17.8 Å². The summed E-state index contributed by atoms with van der Waals surface area (Å²) in [4.78, 5) is 38.4. The number of carbonyl (C=O) groups excluding carboxylic acids is 3. The second-order valence-electron chi connectivity index (χ2n) is 5.93. The Morgan fingerprint density at radius 1 is 0.741 bits per heavy atom. The first-order valence-electron chi connectivity index (χ1n) is 8.34. The van der Waals surface area contributed by atoms with Crippen LogP contribution in [0, 0.1) is 0 Å². The maximum Gasteiger partial charge on any atom is 0.335 e. The average molecular weight is 357 g/mol. The van der Waals surface area contributed by atoms with Crippen molar-refractivity contribution in [3.63, 3.8) is 0 Å². The monoisotopic (exact) mass is 357 g/mol. The minimum Gasteiger partial charge on any atom is -0.317 e. The van der Waals surface area contributed by atoms with E-state index in [9.17, 15) is 14.4 Å². The lowest BCUT2D eigenvalue weighted by atomic mass is 10.1. The minimum atomic E-state index is -0.758. The number of benzene rings is 2. The molecule has 1 fully saturated rings. The van der Waals surface area contributed by atoms with Gasteiger partial charge in [0.2, 0.25) is 0 Å². The van der Waals surface area contributed by atoms with Crippen LogP contribution in [-0.4, -0.2) is 22.4 Å². The van der Waals surface area contributed by atoms with Gasteiger partial charge in [0.1, 0.15) is 5.57 Å². The number of nitrogens with one attached hydrogen (secondary N) is 1. The number of amides is 4. The van der Waals surface area contributed by atoms with Gasteiger partial charge in [0.25, 0.3) is 11.8 Å². The summed E-state index contributed by atoms with van der Waals surface area (Å²) in [6.07, 6.45) is 3.33. The number of para-hydroxylation sites is 2. The van der Waals surface area contributed by atoms with E-state index in [1.54, 1.807) is 36.4 Å². The van der Waals surface area contributed by atoms with Gasteiger partial charge in [-0.05, 0) is 42.5 Å². The number of hydrogen-bond donors (Lipinski definition) is 1. The summed E-state index contributed by atoms with van der Waals surface area (Å²) in [5.74, 6) is -1.37. The van der Waals surface area contributed by atoms with Crippen LogP contribution in [0.15, 0.2) is 84.6 Å². The lowest BCUT2D eigenvalue weighted by molar-refractivity contribution is -0.122. The smallest absolute Gasteiger partial charge is 0.317 e. The van der Waals surface area contributed by atoms with Crippen LogP contribution in [0.25, 0.3) is 11.8 Å². The fraction of sp³-hybridized carbons (Fsp3) is 0. The van der Waals surface area contributed by atoms with Gasteiger partial charge < -0.3 is 4.57 Å². The number of carbonyl (C=O) groups is 3. The molecule has 4 rings (SSSR count). The van der Waals surface area contributed by atoms with Crippen molar-refractivity contribution in [2.75, 3.05) is 4.90 Å². The molecule has 1 aliphatic rings. The molecule has 2 aromatic carbocycles. The molecule has 1 aromatic heterocycles. The highest BCUT2D eigenvalue weighted by Crippen LogP contribution is 2.22. The lowest BCUT2D eigenvalue weighted by Gasteiger charge is -2.26. The van der Waals surface area contributed by atoms with E-state index in [0.717, 1.165) is 10.6 Å². The predicted molar refractivity (Wildman–Crippen MR) is 101 cm³/mol. The van der Waals surface area contributed by atoms with E-state index in [4.69, 9.17) is 0 Å². The van der Waals surface area contributed by atoms with Gasteiger partial charge in [-0.15, -0.1) is 0 Å². The van der Waals surface area contributed by atoms with Gasteiger partial charge in [-0.2, -0.15) is 0 Å². The first kappa shape index (κ1) is 16.5. The number of nitrogens with zero attached hydrogens (tertiary/aromatic N) is 2. The highest BCUT2D eigenvalue weighted by molar-refractivity contribution is 6.39. The molecule has 0 spiro atoms. The molecule has 2 heterocycles. The standard InChI is InChI=1S/C21H15N3O3/c25-19-18(14-17-12-7-13-23(17)15-8-3-1-4-9-15)20(26)24(21(27)22-19)16-10-5-2-6-11-16/h1-14H,(H,22,25,27). The molecule has 1 saturated heterocycles. The summed E-state index contributed by atoms with van der Waals surface area (Å²) in [6, 6.07) is 20.9. The molecule has 0 radical (unpaired) electrons. The van der Waals surface area contributed by atoms with Crippen LogP contribution < -0.4 is 10.2 Å². The van der Waals surface area contributed by atoms with E-state index >= 15 is 0 Å². The number of urea groups is 1. The molecule has 4 amide bonds. The fourth-order valence-corrected chi connectivity index (χ4v) is 2.95. The number of anilines is 1. The molecule has 0 atom stereocenters. The van der Waals surface area contributed by atoms with E-state index in [0.29, 0.717) is 11.4 Å². The summed E-state index contributed by atoms with van der Waals surface area (Å²) < 4.78 is 1.86. The fourth-order valence-electron chi connectivity index (χ4n) is 2.95. The number of aromatic nitrogens is 1. The van der Waals surface area contributed by atoms with Gasteiger partial charge in [0, 0.05) is 17.6 Å². The second kappa shape index (κ2) is 6.76. The lowest BCUT2D eigenvalue weighted by Crippen LogP contribution is -2.54. The van der Waals surface area contributed by atoms with Crippen molar-refractivity contribution in [1.29, 1.82) is 0 Å². The molecule has 3 aromatic rings. The van der Waals surface area contributed by atoms with Gasteiger partial charge in [0.05, 0.1) is 5.69 Å². The van der Waals surface area contributed by atoms with Crippen molar-refractivity contribution in [2.45, 2.75) is 0 Å². The van der Waals surface area contributed by atoms with Crippen molar-refractivity contribution < 1.29 is 14.4 Å². The Morgan fingerprint density at radius 3 is 2.04 bits per heavy atom. The van der Waals surface area contributed by atoms with Crippen molar-refractivity contribution >= 4 is 29.6 Å². The maximum atomic E-state index is 12.9. The number of rotatable bonds is 3. The molecule has 1 aliphatic heterocycles. The largest absolute Gasteiger partial charge is 0.335 e. The number of hydrogen-bond acceptors (Lipinski definition) is 3. The summed E-state index contributed by atoms with van der Waals surface area (Å²) in [7, 11) is 0. The van der Waals surface area contributed by atoms with Crippen LogP contribution in [0.3, 0.4) is 0 Å². The first-order chi connectivity index (χ1) is 13.1. The van der Waals surface area contributed by atoms with Crippen molar-refractivity contribution in [1.82, 2.24) is 9.88 Å². The Kier molecular flexibility index (Phi) is 4.14. The Morgan fingerprint density at radius 2 is 1.37 bits per heavy atom. The third kappa shape index (κ3) is 3.04. The summed E-state index contributed by atoms with van der Waals surface area (Å²) in [5.41, 5.74) is 1.85. The molecule has 132 valence electrons. The Labute approximate surface area is 155 Å². The topological polar surface area (TPSA) is 71.4 Å². The van der Waals surface area contributed by atoms with E-state index in [1.165, 1.54) is 6.08 Å². The Hall–Kier alpha value is -3.93. The third-order valence-corrected chi connectivity index (χ3v) is 4.22. The molecule has 0 saturated carbocycles. The summed E-state index contributed by atoms with van der Waals surface area (Å²) in [6.45, 7) is 0. The molecule has 1 N–H and O–H groups in total. The SMILES string of the molecule is O=C1NC(=O)N(c2ccccc2)C(=O)C1=Cc1cccn1-c1ccccc1. The van der Waals surface area contributed by atoms with Gasteiger partial charge in [0.15, 0.2) is 0 Å². The highest BCUT2D eigenvalue weighted by Gasteiger charge is 2.36. The van der Waals surface area contributed by atoms with E-state index in [1.807, 2.05) is 47.2 Å². The quantitative estimate of drug-likeness (QED) is 0.578. The summed E-state index contributed by atoms with van der Waals surface area (Å²) in [5, 5.41) is 2.23. The minimum absolute atomic E-state index is 0.102. The van der Waals surface area contributed by atoms with E-state index in [2.05, 4.69) is 5.32 Å². The van der Waals surface area contributed by atoms with Crippen LogP contribution in [0.2, 0.25) is 0 Å². The summed E-state index contributed by atoms with van der Waals surface area (Å²) >= 11 is 0. The van der Waals surface area contributed by atoms with Crippen LogP contribution in [-0.2, 0) is 9.59 Å². The zero-order valence-electron chi connectivity index (χ0n) is 14.2. The average Bonchev–Trinajstić information content (AvgIpc) is 3.15. The van der Waals surface area contributed by atoms with Crippen LogP contribution in [0.1, 0.15) is 5.69 Å². The van der Waals surface area contributed by atoms with Gasteiger partial charge in [-0.3, -0.25) is 14.9 Å². The highest BCUT2D eigenvalue weighted by atomic mass is 16.2. The molecular formula is C21H15N3O3. The third-order valence-electron chi connectivity index (χ3n) is 4.22. The molecular weight excluding hydrogens is 342 g/mol. The zero-order valence-corrected chi connectivity index (χ0v) is 14.2. The van der Waals surface area contributed by atoms with Crippen LogP contribution >= 0.6 is 0 Å². The predicted octanol–water partition coefficient (Wildman–Crippen LogP) is 3.14. The Balaban J connectivity index is 1.75. The van der Waals surface area contributed by atoms with Crippen LogP contribution in [0.5, 0.6) is 0 Å². The molecule has 6 heteroatoms. The zero-order chi connectivity index (χ0) is 18.8. The second-order valence-corrected chi connectivity index (χ2v) is 5.93. The molecule has 0 unspecified atom stereocenters. The van der Waals surface area contributed by atoms with Crippen LogP contribution in [0.4, 0.5) is 10.5 Å². The van der Waals surface area contributed by atoms with Gasteiger partial charge in [-0.1, -0.05) is 36.4 Å².